The van der Waals surface area contributed by atoms with Crippen molar-refractivity contribution < 1.29 is 4.52 Å². The molecule has 0 saturated carbocycles. The van der Waals surface area contributed by atoms with Gasteiger partial charge in [-0.2, -0.15) is 5.10 Å². The summed E-state index contributed by atoms with van der Waals surface area (Å²) in [6, 6.07) is 7.81. The molecule has 0 amide bonds. The van der Waals surface area contributed by atoms with Crippen molar-refractivity contribution in [2.45, 2.75) is 20.0 Å². The number of fused-ring (bicyclic) bond motifs is 2. The maximum absolute atomic E-state index is 5.10. The second kappa shape index (κ2) is 5.76. The van der Waals surface area contributed by atoms with E-state index in [0.29, 0.717) is 13.1 Å². The Labute approximate surface area is 148 Å². The molecular weight excluding hydrogens is 330 g/mol. The lowest BCUT2D eigenvalue weighted by Crippen LogP contribution is -2.13. The number of hydrogen-bond acceptors (Lipinski definition) is 7. The second-order valence-electron chi connectivity index (χ2n) is 6.18. The number of aromatic nitrogens is 5. The summed E-state index contributed by atoms with van der Waals surface area (Å²) in [6.07, 6.45) is 5.45. The standard InChI is InChI=1S/C18H15N7O/c1-11-5-14(24-26-11)9-25-10-16-15(23-25)6-13(8-20-16)22-18-17-12(7-21-18)3-2-4-19-17/h2-6,8,10H,7,9H2,1H3,(H,21,22). The number of aliphatic imine (C=N–C) groups is 1. The molecule has 1 aliphatic heterocycles. The molecule has 26 heavy (non-hydrogen) atoms. The van der Waals surface area contributed by atoms with E-state index >= 15 is 0 Å². The Kier molecular flexibility index (Phi) is 3.27. The highest BCUT2D eigenvalue weighted by Gasteiger charge is 2.17. The van der Waals surface area contributed by atoms with Gasteiger partial charge in [-0.05, 0) is 19.1 Å². The van der Waals surface area contributed by atoms with Crippen molar-refractivity contribution in [1.29, 1.82) is 0 Å². The van der Waals surface area contributed by atoms with Crippen LogP contribution in [0, 0.1) is 6.92 Å². The van der Waals surface area contributed by atoms with E-state index in [1.54, 1.807) is 12.4 Å². The Hall–Kier alpha value is -3.55. The fourth-order valence-electron chi connectivity index (χ4n) is 3.01. The van der Waals surface area contributed by atoms with Crippen molar-refractivity contribution in [2.75, 3.05) is 5.32 Å². The van der Waals surface area contributed by atoms with Gasteiger partial charge < -0.3 is 9.84 Å². The van der Waals surface area contributed by atoms with Crippen LogP contribution in [0.4, 0.5) is 5.69 Å². The fourth-order valence-corrected chi connectivity index (χ4v) is 3.01. The number of pyridine rings is 2. The predicted octanol–water partition coefficient (Wildman–Crippen LogP) is 2.54. The maximum atomic E-state index is 5.10. The number of nitrogens with one attached hydrogen (secondary N) is 1. The molecule has 4 aromatic heterocycles. The van der Waals surface area contributed by atoms with Crippen LogP contribution in [0.2, 0.25) is 0 Å². The van der Waals surface area contributed by atoms with Crippen LogP contribution in [0.1, 0.15) is 22.7 Å². The van der Waals surface area contributed by atoms with Crippen LogP contribution < -0.4 is 5.32 Å². The monoisotopic (exact) mass is 345 g/mol. The molecular formula is C18H15N7O. The van der Waals surface area contributed by atoms with E-state index in [4.69, 9.17) is 4.52 Å². The Morgan fingerprint density at radius 1 is 1.23 bits per heavy atom. The molecule has 0 bridgehead atoms. The first-order valence-corrected chi connectivity index (χ1v) is 8.26. The lowest BCUT2D eigenvalue weighted by atomic mass is 10.2. The van der Waals surface area contributed by atoms with Crippen LogP contribution in [0.5, 0.6) is 0 Å². The predicted molar refractivity (Wildman–Crippen MR) is 96.0 cm³/mol. The molecule has 8 nitrogen and oxygen atoms in total. The molecule has 0 fully saturated rings. The van der Waals surface area contributed by atoms with Crippen LogP contribution in [0.25, 0.3) is 11.0 Å². The van der Waals surface area contributed by atoms with Crippen LogP contribution in [0.15, 0.2) is 52.4 Å². The molecule has 0 aliphatic carbocycles. The summed E-state index contributed by atoms with van der Waals surface area (Å²) < 4.78 is 6.91. The molecule has 128 valence electrons. The summed E-state index contributed by atoms with van der Waals surface area (Å²) in [7, 11) is 0. The summed E-state index contributed by atoms with van der Waals surface area (Å²) in [5.74, 6) is 1.55. The maximum Gasteiger partial charge on any atom is 0.152 e. The van der Waals surface area contributed by atoms with E-state index in [9.17, 15) is 0 Å². The summed E-state index contributed by atoms with van der Waals surface area (Å²) in [6.45, 7) is 3.06. The number of nitrogens with zero attached hydrogens (tertiary/aromatic N) is 6. The van der Waals surface area contributed by atoms with Crippen molar-refractivity contribution in [2.24, 2.45) is 4.99 Å². The molecule has 0 aromatic carbocycles. The molecule has 0 atom stereocenters. The largest absolute Gasteiger partial charge is 0.361 e. The average molecular weight is 345 g/mol. The van der Waals surface area contributed by atoms with Crippen LogP contribution >= 0.6 is 0 Å². The minimum atomic E-state index is 0.542. The smallest absolute Gasteiger partial charge is 0.152 e. The van der Waals surface area contributed by atoms with Crippen molar-refractivity contribution >= 4 is 22.6 Å². The van der Waals surface area contributed by atoms with Crippen molar-refractivity contribution in [3.05, 3.63) is 65.6 Å². The van der Waals surface area contributed by atoms with Gasteiger partial charge in [-0.25, -0.2) is 0 Å². The van der Waals surface area contributed by atoms with Gasteiger partial charge >= 0.3 is 0 Å². The van der Waals surface area contributed by atoms with E-state index in [0.717, 1.165) is 45.3 Å². The number of amidine groups is 1. The average Bonchev–Trinajstić information content (AvgIpc) is 3.34. The van der Waals surface area contributed by atoms with Crippen LogP contribution in [0.3, 0.4) is 0 Å². The first-order chi connectivity index (χ1) is 12.7. The number of aryl methyl sites for hydroxylation is 1. The molecule has 5 rings (SSSR count). The molecule has 0 saturated heterocycles. The third kappa shape index (κ3) is 2.61. The Balaban J connectivity index is 1.40. The highest BCUT2D eigenvalue weighted by atomic mass is 16.5. The summed E-state index contributed by atoms with van der Waals surface area (Å²) >= 11 is 0. The zero-order chi connectivity index (χ0) is 17.5. The lowest BCUT2D eigenvalue weighted by molar-refractivity contribution is 0.388. The Morgan fingerprint density at radius 2 is 2.19 bits per heavy atom. The molecule has 8 heteroatoms. The van der Waals surface area contributed by atoms with Gasteiger partial charge in [0.1, 0.15) is 28.2 Å². The number of hydrogen-bond donors (Lipinski definition) is 1. The molecule has 0 spiro atoms. The normalized spacial score (nSPS) is 13.0. The van der Waals surface area contributed by atoms with Crippen molar-refractivity contribution in [3.63, 3.8) is 0 Å². The lowest BCUT2D eigenvalue weighted by Gasteiger charge is -2.06. The van der Waals surface area contributed by atoms with E-state index in [-0.39, 0.29) is 0 Å². The molecule has 5 heterocycles. The second-order valence-corrected chi connectivity index (χ2v) is 6.18. The first kappa shape index (κ1) is 14.8. The van der Waals surface area contributed by atoms with Crippen LogP contribution in [-0.4, -0.2) is 30.7 Å². The highest BCUT2D eigenvalue weighted by molar-refractivity contribution is 6.09. The molecule has 4 aromatic rings. The van der Waals surface area contributed by atoms with Gasteiger partial charge in [0, 0.05) is 17.8 Å². The zero-order valence-electron chi connectivity index (χ0n) is 14.0. The molecule has 0 radical (unpaired) electrons. The Morgan fingerprint density at radius 3 is 3.08 bits per heavy atom. The van der Waals surface area contributed by atoms with Crippen molar-refractivity contribution in [3.8, 4) is 0 Å². The van der Waals surface area contributed by atoms with E-state index in [1.165, 1.54) is 0 Å². The third-order valence-corrected chi connectivity index (χ3v) is 4.19. The van der Waals surface area contributed by atoms with Gasteiger partial charge in [0.2, 0.25) is 0 Å². The van der Waals surface area contributed by atoms with Gasteiger partial charge in [0.05, 0.1) is 31.2 Å². The topological polar surface area (TPSA) is 94.0 Å². The van der Waals surface area contributed by atoms with Gasteiger partial charge in [-0.15, -0.1) is 0 Å². The van der Waals surface area contributed by atoms with E-state index in [2.05, 4.69) is 30.5 Å². The van der Waals surface area contributed by atoms with Crippen LogP contribution in [-0.2, 0) is 13.1 Å². The molecule has 0 unspecified atom stereocenters. The van der Waals surface area contributed by atoms with E-state index < -0.39 is 0 Å². The highest BCUT2D eigenvalue weighted by Crippen LogP contribution is 2.20. The SMILES string of the molecule is Cc1cc(Cn2cc3ncc(NC4=NCc5cccnc54)cc3n2)no1. The minimum Gasteiger partial charge on any atom is -0.361 e. The van der Waals surface area contributed by atoms with Gasteiger partial charge in [-0.3, -0.25) is 19.6 Å². The van der Waals surface area contributed by atoms with Crippen molar-refractivity contribution in [1.82, 2.24) is 24.9 Å². The summed E-state index contributed by atoms with van der Waals surface area (Å²) in [4.78, 5) is 13.4. The molecule has 1 N–H and O–H groups in total. The summed E-state index contributed by atoms with van der Waals surface area (Å²) in [5, 5.41) is 11.9. The van der Waals surface area contributed by atoms with Gasteiger partial charge in [0.15, 0.2) is 5.84 Å². The summed E-state index contributed by atoms with van der Waals surface area (Å²) in [5.41, 5.74) is 5.29. The van der Waals surface area contributed by atoms with Gasteiger partial charge in [0.25, 0.3) is 0 Å². The first-order valence-electron chi connectivity index (χ1n) is 8.26. The van der Waals surface area contributed by atoms with E-state index in [1.807, 2.05) is 42.1 Å². The fraction of sp³-hybridized carbons (Fsp3) is 0.167. The quantitative estimate of drug-likeness (QED) is 0.613. The third-order valence-electron chi connectivity index (χ3n) is 4.19. The number of anilines is 1. The zero-order valence-corrected chi connectivity index (χ0v) is 14.0. The Bertz CT molecular complexity index is 1140. The minimum absolute atomic E-state index is 0.542. The number of rotatable bonds is 3. The van der Waals surface area contributed by atoms with Gasteiger partial charge in [-0.1, -0.05) is 11.2 Å². The molecule has 1 aliphatic rings.